The fraction of sp³-hybridized carbons (Fsp3) is 0.533. The van der Waals surface area contributed by atoms with Crippen molar-refractivity contribution >= 4 is 11.8 Å². The molecule has 7 heteroatoms. The zero-order valence-corrected chi connectivity index (χ0v) is 21.5. The molecule has 1 saturated heterocycles. The van der Waals surface area contributed by atoms with Crippen LogP contribution in [0.5, 0.6) is 5.75 Å². The van der Waals surface area contributed by atoms with E-state index >= 15 is 0 Å². The molecule has 0 spiro atoms. The van der Waals surface area contributed by atoms with Gasteiger partial charge in [0.15, 0.2) is 0 Å². The summed E-state index contributed by atoms with van der Waals surface area (Å²) in [5.41, 5.74) is 7.18. The number of aryl methyl sites for hydroxylation is 1. The Kier molecular flexibility index (Phi) is 5.84. The molecule has 3 aliphatic carbocycles. The number of nitrogens with one attached hydrogen (secondary N) is 1. The number of aliphatic hydroxyl groups is 1. The maximum Gasteiger partial charge on any atom is 0.252 e. The largest absolute Gasteiger partial charge is 0.507 e. The molecule has 4 aliphatic rings. The number of carbonyl (C=O) groups excluding carboxylic acids is 2. The Labute approximate surface area is 218 Å². The topological polar surface area (TPSA) is 116 Å². The first kappa shape index (κ1) is 24.4. The molecule has 2 saturated carbocycles. The van der Waals surface area contributed by atoms with Crippen LogP contribution >= 0.6 is 0 Å². The Hall–Kier alpha value is -2.90. The summed E-state index contributed by atoms with van der Waals surface area (Å²) in [6.07, 6.45) is 6.77. The number of fused-ring (bicyclic) bond motifs is 1. The molecule has 2 bridgehead atoms. The third-order valence-electron chi connectivity index (χ3n) is 9.87. The van der Waals surface area contributed by atoms with E-state index in [9.17, 15) is 19.8 Å². The number of phenols is 1. The van der Waals surface area contributed by atoms with Gasteiger partial charge in [-0.3, -0.25) is 14.5 Å². The van der Waals surface area contributed by atoms with Crippen LogP contribution in [0.15, 0.2) is 36.4 Å². The molecule has 196 valence electrons. The Morgan fingerprint density at radius 3 is 2.68 bits per heavy atom. The summed E-state index contributed by atoms with van der Waals surface area (Å²) in [7, 11) is 0. The van der Waals surface area contributed by atoms with Gasteiger partial charge in [0.1, 0.15) is 5.75 Å². The lowest BCUT2D eigenvalue weighted by atomic mass is 9.48. The molecule has 3 fully saturated rings. The zero-order chi connectivity index (χ0) is 25.9. The van der Waals surface area contributed by atoms with Crippen LogP contribution in [0.4, 0.5) is 0 Å². The third-order valence-corrected chi connectivity index (χ3v) is 9.87. The summed E-state index contributed by atoms with van der Waals surface area (Å²) in [6.45, 7) is 3.78. The standard InChI is InChI=1S/C30H37N3O4/c1-18-4-2-7-21(14-18)28(36)32-22-10-11-30(37)24-15-20-8-9-23(27(31)35)26(34)25(20)29(30,16-22)12-13-33(24)17-19-5-3-6-19/h2,4,7-9,14,19,22,24,34,37H,3,5-6,10-13,15-17H2,1H3,(H2,31,35)(H,32,36)/t22?,24-,29-,30-/m1/s1. The highest BCUT2D eigenvalue weighted by molar-refractivity contribution is 5.96. The van der Waals surface area contributed by atoms with E-state index in [0.717, 1.165) is 24.2 Å². The predicted molar refractivity (Wildman–Crippen MR) is 141 cm³/mol. The van der Waals surface area contributed by atoms with Gasteiger partial charge >= 0.3 is 0 Å². The number of benzene rings is 2. The molecule has 1 heterocycles. The van der Waals surface area contributed by atoms with Gasteiger partial charge in [0.2, 0.25) is 0 Å². The highest BCUT2D eigenvalue weighted by Crippen LogP contribution is 2.60. The average Bonchev–Trinajstić information content (AvgIpc) is 2.82. The molecule has 4 atom stereocenters. The number of primary amides is 1. The number of piperidine rings is 1. The van der Waals surface area contributed by atoms with Crippen molar-refractivity contribution in [2.75, 3.05) is 13.1 Å². The molecule has 0 radical (unpaired) electrons. The molecular formula is C30H37N3O4. The highest BCUT2D eigenvalue weighted by atomic mass is 16.3. The molecule has 7 nitrogen and oxygen atoms in total. The number of nitrogens with zero attached hydrogens (tertiary/aromatic N) is 1. The molecule has 37 heavy (non-hydrogen) atoms. The first-order chi connectivity index (χ1) is 17.7. The van der Waals surface area contributed by atoms with Gasteiger partial charge in [0, 0.05) is 35.2 Å². The van der Waals surface area contributed by atoms with Crippen LogP contribution in [-0.2, 0) is 11.8 Å². The third kappa shape index (κ3) is 3.77. The van der Waals surface area contributed by atoms with Crippen molar-refractivity contribution in [2.24, 2.45) is 11.7 Å². The van der Waals surface area contributed by atoms with E-state index in [1.165, 1.54) is 19.3 Å². The van der Waals surface area contributed by atoms with Gasteiger partial charge in [-0.2, -0.15) is 0 Å². The van der Waals surface area contributed by atoms with Crippen LogP contribution in [0.1, 0.15) is 82.4 Å². The Morgan fingerprint density at radius 1 is 1.16 bits per heavy atom. The second-order valence-corrected chi connectivity index (χ2v) is 11.9. The SMILES string of the molecule is Cc1cccc(C(=O)NC2CC[C@@]3(O)[C@H]4Cc5ccc(C(N)=O)c(O)c5[C@@]3(CCN4CC3CCC3)C2)c1. The fourth-order valence-electron chi connectivity index (χ4n) is 7.82. The number of amides is 2. The number of aromatic hydroxyl groups is 1. The smallest absolute Gasteiger partial charge is 0.252 e. The molecule has 2 aromatic carbocycles. The summed E-state index contributed by atoms with van der Waals surface area (Å²) in [6, 6.07) is 10.8. The van der Waals surface area contributed by atoms with Crippen molar-refractivity contribution < 1.29 is 19.8 Å². The van der Waals surface area contributed by atoms with E-state index in [4.69, 9.17) is 5.73 Å². The summed E-state index contributed by atoms with van der Waals surface area (Å²) >= 11 is 0. The van der Waals surface area contributed by atoms with Crippen molar-refractivity contribution in [1.29, 1.82) is 0 Å². The van der Waals surface area contributed by atoms with E-state index in [1.807, 2.05) is 37.3 Å². The van der Waals surface area contributed by atoms with E-state index in [1.54, 1.807) is 6.07 Å². The monoisotopic (exact) mass is 503 g/mol. The van der Waals surface area contributed by atoms with Crippen molar-refractivity contribution in [3.63, 3.8) is 0 Å². The number of rotatable bonds is 5. The second-order valence-electron chi connectivity index (χ2n) is 11.9. The van der Waals surface area contributed by atoms with Gasteiger partial charge < -0.3 is 21.3 Å². The number of hydrogen-bond donors (Lipinski definition) is 4. The van der Waals surface area contributed by atoms with Gasteiger partial charge in [0.05, 0.1) is 11.2 Å². The Balaban J connectivity index is 1.39. The molecule has 0 aromatic heterocycles. The first-order valence-electron chi connectivity index (χ1n) is 13.7. The maximum absolute atomic E-state index is 13.2. The van der Waals surface area contributed by atoms with Crippen LogP contribution in [-0.4, -0.2) is 57.7 Å². The Bertz CT molecular complexity index is 1260. The number of hydrogen-bond acceptors (Lipinski definition) is 5. The van der Waals surface area contributed by atoms with E-state index < -0.39 is 16.9 Å². The van der Waals surface area contributed by atoms with Gasteiger partial charge in [0.25, 0.3) is 11.8 Å². The first-order valence-corrected chi connectivity index (χ1v) is 13.7. The van der Waals surface area contributed by atoms with Crippen molar-refractivity contribution in [2.45, 2.75) is 81.4 Å². The molecule has 5 N–H and O–H groups in total. The molecular weight excluding hydrogens is 466 g/mol. The average molecular weight is 504 g/mol. The van der Waals surface area contributed by atoms with Gasteiger partial charge in [-0.25, -0.2) is 0 Å². The number of carbonyl (C=O) groups is 2. The number of nitrogens with two attached hydrogens (primary N) is 1. The lowest BCUT2D eigenvalue weighted by Crippen LogP contribution is -2.74. The highest BCUT2D eigenvalue weighted by Gasteiger charge is 2.65. The maximum atomic E-state index is 13.2. The molecule has 2 aromatic rings. The summed E-state index contributed by atoms with van der Waals surface area (Å²) in [5.74, 6) is -0.210. The normalized spacial score (nSPS) is 31.1. The van der Waals surface area contributed by atoms with Gasteiger partial charge in [-0.15, -0.1) is 0 Å². The van der Waals surface area contributed by atoms with Crippen LogP contribution in [0.3, 0.4) is 0 Å². The summed E-state index contributed by atoms with van der Waals surface area (Å²) in [4.78, 5) is 27.8. The van der Waals surface area contributed by atoms with Crippen LogP contribution in [0, 0.1) is 12.8 Å². The van der Waals surface area contributed by atoms with Gasteiger partial charge in [-0.1, -0.05) is 30.2 Å². The van der Waals surface area contributed by atoms with E-state index in [-0.39, 0.29) is 29.3 Å². The minimum Gasteiger partial charge on any atom is -0.507 e. The fourth-order valence-corrected chi connectivity index (χ4v) is 7.82. The molecule has 2 amide bonds. The van der Waals surface area contributed by atoms with Crippen LogP contribution < -0.4 is 11.1 Å². The van der Waals surface area contributed by atoms with Crippen molar-refractivity contribution in [3.8, 4) is 5.75 Å². The van der Waals surface area contributed by atoms with Crippen LogP contribution in [0.25, 0.3) is 0 Å². The van der Waals surface area contributed by atoms with Gasteiger partial charge in [-0.05, 0) is 88.1 Å². The lowest BCUT2D eigenvalue weighted by molar-refractivity contribution is -0.173. The predicted octanol–water partition coefficient (Wildman–Crippen LogP) is 3.18. The molecule has 1 unspecified atom stereocenters. The second kappa shape index (κ2) is 8.84. The summed E-state index contributed by atoms with van der Waals surface area (Å²) < 4.78 is 0. The molecule has 1 aliphatic heterocycles. The number of likely N-dealkylation sites (tertiary alicyclic amines) is 1. The minimum atomic E-state index is -1.06. The zero-order valence-electron chi connectivity index (χ0n) is 21.5. The lowest BCUT2D eigenvalue weighted by Gasteiger charge is -2.65. The van der Waals surface area contributed by atoms with Crippen LogP contribution in [0.2, 0.25) is 0 Å². The van der Waals surface area contributed by atoms with E-state index in [0.29, 0.717) is 49.1 Å². The van der Waals surface area contributed by atoms with E-state index in [2.05, 4.69) is 10.2 Å². The Morgan fingerprint density at radius 2 is 1.97 bits per heavy atom. The molecule has 6 rings (SSSR count). The van der Waals surface area contributed by atoms with Crippen molar-refractivity contribution in [3.05, 3.63) is 64.2 Å². The quantitative estimate of drug-likeness (QED) is 0.500. The van der Waals surface area contributed by atoms with Crippen molar-refractivity contribution in [1.82, 2.24) is 10.2 Å². The minimum absolute atomic E-state index is 0.0541. The summed E-state index contributed by atoms with van der Waals surface area (Å²) in [5, 5.41) is 27.2.